The molecule has 3 aromatic rings. The van der Waals surface area contributed by atoms with Gasteiger partial charge in [-0.2, -0.15) is 5.11 Å². The van der Waals surface area contributed by atoms with Crippen LogP contribution in [0.5, 0.6) is 5.88 Å². The van der Waals surface area contributed by atoms with Crippen molar-refractivity contribution in [2.75, 3.05) is 6.61 Å². The Bertz CT molecular complexity index is 1620. The van der Waals surface area contributed by atoms with E-state index in [1.807, 2.05) is 0 Å². The highest BCUT2D eigenvalue weighted by atomic mass is 16.7. The van der Waals surface area contributed by atoms with E-state index in [1.165, 1.54) is 28.8 Å². The quantitative estimate of drug-likeness (QED) is 0.120. The van der Waals surface area contributed by atoms with E-state index < -0.39 is 71.9 Å². The van der Waals surface area contributed by atoms with Crippen molar-refractivity contribution in [3.8, 4) is 5.88 Å². The van der Waals surface area contributed by atoms with E-state index in [2.05, 4.69) is 10.2 Å². The largest absolute Gasteiger partial charge is 0.493 e. The Morgan fingerprint density at radius 1 is 0.864 bits per heavy atom. The molecule has 1 aliphatic rings. The number of para-hydroxylation sites is 1. The van der Waals surface area contributed by atoms with Gasteiger partial charge in [0, 0.05) is 45.2 Å². The third kappa shape index (κ3) is 6.97. The molecule has 0 saturated carbocycles. The molecule has 232 valence electrons. The van der Waals surface area contributed by atoms with Gasteiger partial charge in [0.05, 0.1) is 16.1 Å². The highest BCUT2D eigenvalue weighted by Crippen LogP contribution is 2.45. The van der Waals surface area contributed by atoms with Crippen molar-refractivity contribution in [1.29, 1.82) is 0 Å². The minimum Gasteiger partial charge on any atom is -0.493 e. The summed E-state index contributed by atoms with van der Waals surface area (Å²) in [6.07, 6.45) is -7.04. The van der Waals surface area contributed by atoms with Crippen LogP contribution in [-0.4, -0.2) is 69.5 Å². The zero-order chi connectivity index (χ0) is 32.1. The standard InChI is InChI=1S/C28H28N4O12/c1-14(33)40-13-22-24(41-15(2)34)25(42-16(3)35)26(43-17(4)36)28(44-22)31-21-8-6-5-7-20(21)23(27(31)37)30-29-18-9-11-19(12-10-18)32(38)39/h5-12,22,24-26,28,37H,13H2,1-4H3/t22-,24+,25-,26+,28-/m0/s1. The van der Waals surface area contributed by atoms with Gasteiger partial charge in [0.25, 0.3) is 5.69 Å². The summed E-state index contributed by atoms with van der Waals surface area (Å²) in [5, 5.41) is 31.1. The number of aromatic nitrogens is 1. The Kier molecular flexibility index (Phi) is 9.53. The van der Waals surface area contributed by atoms with E-state index >= 15 is 0 Å². The van der Waals surface area contributed by atoms with Crippen molar-refractivity contribution in [2.24, 2.45) is 10.2 Å². The molecular weight excluding hydrogens is 584 g/mol. The number of aromatic hydroxyl groups is 1. The summed E-state index contributed by atoms with van der Waals surface area (Å²) in [6.45, 7) is 4.00. The van der Waals surface area contributed by atoms with Crippen LogP contribution < -0.4 is 0 Å². The van der Waals surface area contributed by atoms with Gasteiger partial charge in [0.1, 0.15) is 12.7 Å². The summed E-state index contributed by atoms with van der Waals surface area (Å²) in [5.74, 6) is -3.59. The number of benzene rings is 2. The van der Waals surface area contributed by atoms with Crippen molar-refractivity contribution in [3.63, 3.8) is 0 Å². The first-order chi connectivity index (χ1) is 20.9. The van der Waals surface area contributed by atoms with Gasteiger partial charge in [0.2, 0.25) is 5.88 Å². The Morgan fingerprint density at radius 3 is 2.05 bits per heavy atom. The molecule has 1 saturated heterocycles. The molecule has 1 aromatic heterocycles. The fraction of sp³-hybridized carbons (Fsp3) is 0.357. The number of carbonyl (C=O) groups is 4. The van der Waals surface area contributed by atoms with Crippen molar-refractivity contribution in [2.45, 2.75) is 58.3 Å². The molecule has 0 bridgehead atoms. The number of carbonyl (C=O) groups excluding carboxylic acids is 4. The third-order valence-corrected chi connectivity index (χ3v) is 6.41. The summed E-state index contributed by atoms with van der Waals surface area (Å²) >= 11 is 0. The maximum atomic E-state index is 12.3. The average molecular weight is 613 g/mol. The maximum Gasteiger partial charge on any atom is 0.303 e. The second kappa shape index (κ2) is 13.3. The number of rotatable bonds is 9. The van der Waals surface area contributed by atoms with E-state index in [9.17, 15) is 34.4 Å². The van der Waals surface area contributed by atoms with Crippen LogP contribution in [-0.2, 0) is 42.9 Å². The second-order valence-electron chi connectivity index (χ2n) is 9.62. The Hall–Kier alpha value is -5.38. The van der Waals surface area contributed by atoms with Gasteiger partial charge in [-0.1, -0.05) is 18.2 Å². The number of fused-ring (bicyclic) bond motifs is 1. The predicted molar refractivity (Wildman–Crippen MR) is 148 cm³/mol. The van der Waals surface area contributed by atoms with Crippen LogP contribution in [0.25, 0.3) is 10.9 Å². The van der Waals surface area contributed by atoms with E-state index in [-0.39, 0.29) is 17.1 Å². The molecule has 1 aliphatic heterocycles. The van der Waals surface area contributed by atoms with Gasteiger partial charge in [-0.05, 0) is 18.2 Å². The lowest BCUT2D eigenvalue weighted by Crippen LogP contribution is -2.60. The summed E-state index contributed by atoms with van der Waals surface area (Å²) < 4.78 is 29.0. The van der Waals surface area contributed by atoms with E-state index in [4.69, 9.17) is 23.7 Å². The Labute approximate surface area is 249 Å². The summed E-state index contributed by atoms with van der Waals surface area (Å²) in [6, 6.07) is 11.8. The van der Waals surface area contributed by atoms with E-state index in [0.29, 0.717) is 10.9 Å². The van der Waals surface area contributed by atoms with Crippen LogP contribution in [0.4, 0.5) is 17.1 Å². The minimum absolute atomic E-state index is 0.0354. The van der Waals surface area contributed by atoms with Crippen molar-refractivity contribution >= 4 is 51.8 Å². The lowest BCUT2D eigenvalue weighted by Gasteiger charge is -2.44. The number of nitrogens with zero attached hydrogens (tertiary/aromatic N) is 4. The molecule has 16 heteroatoms. The first-order valence-electron chi connectivity index (χ1n) is 13.2. The van der Waals surface area contributed by atoms with Gasteiger partial charge in [0.15, 0.2) is 30.2 Å². The molecule has 44 heavy (non-hydrogen) atoms. The number of azo groups is 1. The van der Waals surface area contributed by atoms with E-state index in [0.717, 1.165) is 27.7 Å². The van der Waals surface area contributed by atoms with Crippen LogP contribution in [0.15, 0.2) is 58.8 Å². The lowest BCUT2D eigenvalue weighted by atomic mass is 9.97. The fourth-order valence-electron chi connectivity index (χ4n) is 4.75. The van der Waals surface area contributed by atoms with Gasteiger partial charge in [-0.15, -0.1) is 5.11 Å². The zero-order valence-corrected chi connectivity index (χ0v) is 23.9. The SMILES string of the molecule is CC(=O)OC[C@@H]1O[C@H](n2c(O)c(N=Nc3ccc([N+](=O)[O-])cc3)c3ccccc32)[C@H](OC(C)=O)[C@@H](OC(C)=O)[C@@H]1OC(C)=O. The monoisotopic (exact) mass is 612 g/mol. The smallest absolute Gasteiger partial charge is 0.303 e. The first kappa shape index (κ1) is 31.6. The second-order valence-corrected chi connectivity index (χ2v) is 9.62. The van der Waals surface area contributed by atoms with Crippen molar-refractivity contribution < 1.29 is 52.9 Å². The highest BCUT2D eigenvalue weighted by molar-refractivity contribution is 5.95. The maximum absolute atomic E-state index is 12.3. The predicted octanol–water partition coefficient (Wildman–Crippen LogP) is 3.93. The summed E-state index contributed by atoms with van der Waals surface area (Å²) in [4.78, 5) is 58.6. The highest BCUT2D eigenvalue weighted by Gasteiger charge is 2.53. The van der Waals surface area contributed by atoms with Gasteiger partial charge >= 0.3 is 23.9 Å². The number of nitro groups is 1. The molecule has 1 N–H and O–H groups in total. The number of esters is 4. The number of ether oxygens (including phenoxy) is 5. The van der Waals surface area contributed by atoms with Crippen LogP contribution in [0.3, 0.4) is 0 Å². The Morgan fingerprint density at radius 2 is 1.45 bits per heavy atom. The Balaban J connectivity index is 1.87. The summed E-state index contributed by atoms with van der Waals surface area (Å²) in [5.41, 5.74) is 0.390. The molecule has 0 amide bonds. The normalized spacial score (nSPS) is 21.5. The number of hydrogen-bond acceptors (Lipinski definition) is 14. The molecule has 4 rings (SSSR count). The topological polar surface area (TPSA) is 207 Å². The molecule has 16 nitrogen and oxygen atoms in total. The van der Waals surface area contributed by atoms with E-state index in [1.54, 1.807) is 24.3 Å². The van der Waals surface area contributed by atoms with Gasteiger partial charge in [-0.25, -0.2) is 0 Å². The first-order valence-corrected chi connectivity index (χ1v) is 13.2. The van der Waals surface area contributed by atoms with Crippen molar-refractivity contribution in [3.05, 3.63) is 58.6 Å². The molecule has 2 aromatic carbocycles. The van der Waals surface area contributed by atoms with Crippen LogP contribution in [0.2, 0.25) is 0 Å². The molecule has 0 radical (unpaired) electrons. The number of nitro benzene ring substituents is 1. The fourth-order valence-corrected chi connectivity index (χ4v) is 4.75. The van der Waals surface area contributed by atoms with Crippen LogP contribution in [0, 0.1) is 10.1 Å². The van der Waals surface area contributed by atoms with Gasteiger partial charge < -0.3 is 28.8 Å². The zero-order valence-electron chi connectivity index (χ0n) is 23.9. The third-order valence-electron chi connectivity index (χ3n) is 6.41. The molecule has 2 heterocycles. The molecular formula is C28H28N4O12. The van der Waals surface area contributed by atoms with Crippen molar-refractivity contribution in [1.82, 2.24) is 4.57 Å². The summed E-state index contributed by atoms with van der Waals surface area (Å²) in [7, 11) is 0. The average Bonchev–Trinajstić information content (AvgIpc) is 3.23. The lowest BCUT2D eigenvalue weighted by molar-refractivity contribution is -0.384. The van der Waals surface area contributed by atoms with Crippen LogP contribution in [0.1, 0.15) is 33.9 Å². The molecule has 1 fully saturated rings. The molecule has 0 spiro atoms. The van der Waals surface area contributed by atoms with Crippen LogP contribution >= 0.6 is 0 Å². The number of hydrogen-bond donors (Lipinski definition) is 1. The van der Waals surface area contributed by atoms with Gasteiger partial charge in [-0.3, -0.25) is 33.9 Å². The number of non-ortho nitro benzene ring substituents is 1. The molecule has 0 unspecified atom stereocenters. The minimum atomic E-state index is -1.49. The molecule has 5 atom stereocenters. The molecule has 0 aliphatic carbocycles.